The summed E-state index contributed by atoms with van der Waals surface area (Å²) in [6, 6.07) is 2.67. The molecular formula is C18H24ClNO5. The number of halogens is 1. The van der Waals surface area contributed by atoms with Gasteiger partial charge in [0, 0.05) is 6.08 Å². The smallest absolute Gasteiger partial charge is 0.328 e. The average molecular weight is 370 g/mol. The molecule has 6 nitrogen and oxygen atoms in total. The molecule has 1 atom stereocenters. The molecular weight excluding hydrogens is 346 g/mol. The minimum atomic E-state index is -0.708. The second-order valence-corrected chi connectivity index (χ2v) is 5.96. The first-order valence-corrected chi connectivity index (χ1v) is 8.28. The molecule has 0 aromatic heterocycles. The van der Waals surface area contributed by atoms with Crippen LogP contribution < -0.4 is 14.8 Å². The van der Waals surface area contributed by atoms with Gasteiger partial charge in [-0.2, -0.15) is 0 Å². The second kappa shape index (κ2) is 9.93. The maximum Gasteiger partial charge on any atom is 0.328 e. The van der Waals surface area contributed by atoms with Crippen molar-refractivity contribution in [1.29, 1.82) is 0 Å². The van der Waals surface area contributed by atoms with E-state index in [-0.39, 0.29) is 5.92 Å². The van der Waals surface area contributed by atoms with Crippen molar-refractivity contribution in [2.24, 2.45) is 5.92 Å². The number of nitrogens with one attached hydrogen (secondary N) is 1. The minimum absolute atomic E-state index is 0.0928. The van der Waals surface area contributed by atoms with Crippen LogP contribution in [0, 0.1) is 5.92 Å². The van der Waals surface area contributed by atoms with Crippen molar-refractivity contribution >= 4 is 29.6 Å². The molecule has 1 aromatic carbocycles. The number of hydrogen-bond donors (Lipinski definition) is 1. The van der Waals surface area contributed by atoms with E-state index in [1.807, 2.05) is 20.8 Å². The van der Waals surface area contributed by atoms with Crippen LogP contribution in [-0.4, -0.2) is 38.7 Å². The summed E-state index contributed by atoms with van der Waals surface area (Å²) >= 11 is 6.17. The van der Waals surface area contributed by atoms with Gasteiger partial charge in [0.15, 0.2) is 11.5 Å². The summed E-state index contributed by atoms with van der Waals surface area (Å²) in [5, 5.41) is 3.00. The molecule has 1 amide bonds. The predicted molar refractivity (Wildman–Crippen MR) is 97.0 cm³/mol. The summed E-state index contributed by atoms with van der Waals surface area (Å²) in [6.45, 7) is 5.95. The molecule has 0 heterocycles. The lowest BCUT2D eigenvalue weighted by molar-refractivity contribution is -0.145. The van der Waals surface area contributed by atoms with Gasteiger partial charge in [0.25, 0.3) is 0 Å². The number of carbonyl (C=O) groups is 2. The van der Waals surface area contributed by atoms with Gasteiger partial charge in [-0.1, -0.05) is 25.4 Å². The number of hydrogen-bond acceptors (Lipinski definition) is 5. The molecule has 1 unspecified atom stereocenters. The normalized spacial score (nSPS) is 12.1. The largest absolute Gasteiger partial charge is 0.491 e. The molecule has 0 radical (unpaired) electrons. The molecule has 1 aromatic rings. The molecule has 0 aliphatic carbocycles. The van der Waals surface area contributed by atoms with E-state index in [4.69, 9.17) is 25.8 Å². The maximum absolute atomic E-state index is 12.1. The monoisotopic (exact) mass is 369 g/mol. The van der Waals surface area contributed by atoms with Crippen LogP contribution in [0.3, 0.4) is 0 Å². The molecule has 0 spiro atoms. The van der Waals surface area contributed by atoms with Crippen LogP contribution >= 0.6 is 11.6 Å². The molecule has 0 bridgehead atoms. The average Bonchev–Trinajstić information content (AvgIpc) is 2.57. The maximum atomic E-state index is 12.1. The third-order valence-corrected chi connectivity index (χ3v) is 3.66. The van der Waals surface area contributed by atoms with E-state index in [1.54, 1.807) is 18.2 Å². The van der Waals surface area contributed by atoms with E-state index in [0.717, 1.165) is 0 Å². The molecule has 1 N–H and O–H groups in total. The summed E-state index contributed by atoms with van der Waals surface area (Å²) in [5.41, 5.74) is 0.670. The van der Waals surface area contributed by atoms with Gasteiger partial charge in [-0.05, 0) is 36.6 Å². The third-order valence-electron chi connectivity index (χ3n) is 3.38. The van der Waals surface area contributed by atoms with Gasteiger partial charge in [0.2, 0.25) is 5.91 Å². The quantitative estimate of drug-likeness (QED) is 0.563. The van der Waals surface area contributed by atoms with Crippen LogP contribution in [0.2, 0.25) is 5.02 Å². The first kappa shape index (κ1) is 20.8. The van der Waals surface area contributed by atoms with Crippen molar-refractivity contribution in [3.8, 4) is 11.5 Å². The number of methoxy groups -OCH3 is 2. The highest BCUT2D eigenvalue weighted by molar-refractivity contribution is 6.32. The van der Waals surface area contributed by atoms with E-state index in [9.17, 15) is 9.59 Å². The minimum Gasteiger partial charge on any atom is -0.491 e. The fourth-order valence-corrected chi connectivity index (χ4v) is 2.44. The van der Waals surface area contributed by atoms with Crippen molar-refractivity contribution < 1.29 is 23.8 Å². The van der Waals surface area contributed by atoms with Gasteiger partial charge >= 0.3 is 5.97 Å². The Morgan fingerprint density at radius 3 is 2.48 bits per heavy atom. The van der Waals surface area contributed by atoms with Crippen molar-refractivity contribution in [3.05, 3.63) is 28.8 Å². The van der Waals surface area contributed by atoms with Crippen LogP contribution in [0.1, 0.15) is 26.3 Å². The molecule has 138 valence electrons. The Bertz CT molecular complexity index is 643. The number of carbonyl (C=O) groups excluding carboxylic acids is 2. The number of rotatable bonds is 8. The van der Waals surface area contributed by atoms with Gasteiger partial charge in [-0.3, -0.25) is 4.79 Å². The van der Waals surface area contributed by atoms with E-state index in [1.165, 1.54) is 20.3 Å². The highest BCUT2D eigenvalue weighted by atomic mass is 35.5. The van der Waals surface area contributed by atoms with Crippen LogP contribution in [0.25, 0.3) is 6.08 Å². The van der Waals surface area contributed by atoms with Crippen LogP contribution in [0.5, 0.6) is 11.5 Å². The standard InChI is InChI=1S/C18H24ClNO5/c1-6-25-14-10-12(9-13(19)17(14)23-4)7-8-15(21)20-16(11(2)3)18(22)24-5/h7-11,16H,6H2,1-5H3,(H,20,21)/b8-7+. The molecule has 0 aliphatic heterocycles. The van der Waals surface area contributed by atoms with Crippen molar-refractivity contribution in [3.63, 3.8) is 0 Å². The van der Waals surface area contributed by atoms with E-state index in [2.05, 4.69) is 5.32 Å². The first-order valence-electron chi connectivity index (χ1n) is 7.90. The number of amides is 1. The third kappa shape index (κ3) is 5.98. The van der Waals surface area contributed by atoms with Gasteiger partial charge in [0.1, 0.15) is 6.04 Å². The molecule has 0 aliphatic rings. The van der Waals surface area contributed by atoms with Crippen LogP contribution in [0.4, 0.5) is 0 Å². The molecule has 1 rings (SSSR count). The summed E-state index contributed by atoms with van der Waals surface area (Å²) < 4.78 is 15.4. The molecule has 7 heteroatoms. The lowest BCUT2D eigenvalue weighted by Crippen LogP contribution is -2.44. The highest BCUT2D eigenvalue weighted by Gasteiger charge is 2.23. The SMILES string of the molecule is CCOc1cc(/C=C/C(=O)NC(C(=O)OC)C(C)C)cc(Cl)c1OC. The number of benzene rings is 1. The van der Waals surface area contributed by atoms with Gasteiger partial charge in [0.05, 0.1) is 25.8 Å². The molecule has 25 heavy (non-hydrogen) atoms. The van der Waals surface area contributed by atoms with Crippen molar-refractivity contribution in [1.82, 2.24) is 5.32 Å². The Kier molecular flexibility index (Phi) is 8.28. The van der Waals surface area contributed by atoms with E-state index < -0.39 is 17.9 Å². The summed E-state index contributed by atoms with van der Waals surface area (Å²) in [7, 11) is 2.79. The summed E-state index contributed by atoms with van der Waals surface area (Å²) in [4.78, 5) is 23.8. The van der Waals surface area contributed by atoms with Gasteiger partial charge in [-0.15, -0.1) is 0 Å². The topological polar surface area (TPSA) is 73.9 Å². The number of esters is 1. The van der Waals surface area contributed by atoms with Crippen molar-refractivity contribution in [2.45, 2.75) is 26.8 Å². The summed E-state index contributed by atoms with van der Waals surface area (Å²) in [6.07, 6.45) is 2.91. The molecule has 0 saturated heterocycles. The van der Waals surface area contributed by atoms with Crippen LogP contribution in [0.15, 0.2) is 18.2 Å². The van der Waals surface area contributed by atoms with Crippen LogP contribution in [-0.2, 0) is 14.3 Å². The molecule has 0 fully saturated rings. The number of ether oxygens (including phenoxy) is 3. The van der Waals surface area contributed by atoms with Gasteiger partial charge in [-0.25, -0.2) is 4.79 Å². The zero-order valence-electron chi connectivity index (χ0n) is 15.1. The second-order valence-electron chi connectivity index (χ2n) is 5.55. The van der Waals surface area contributed by atoms with Crippen molar-refractivity contribution in [2.75, 3.05) is 20.8 Å². The Hall–Kier alpha value is -2.21. The van der Waals surface area contributed by atoms with E-state index in [0.29, 0.717) is 28.7 Å². The fourth-order valence-electron chi connectivity index (χ4n) is 2.14. The van der Waals surface area contributed by atoms with Gasteiger partial charge < -0.3 is 19.5 Å². The lowest BCUT2D eigenvalue weighted by Gasteiger charge is -2.18. The molecule has 0 saturated carbocycles. The van der Waals surface area contributed by atoms with E-state index >= 15 is 0 Å². The first-order chi connectivity index (χ1) is 11.8. The lowest BCUT2D eigenvalue weighted by atomic mass is 10.0. The Morgan fingerprint density at radius 1 is 1.28 bits per heavy atom. The zero-order valence-corrected chi connectivity index (χ0v) is 15.8. The Labute approximate surface area is 153 Å². The Balaban J connectivity index is 2.93. The fraction of sp³-hybridized carbons (Fsp3) is 0.444. The highest BCUT2D eigenvalue weighted by Crippen LogP contribution is 2.36. The Morgan fingerprint density at radius 2 is 1.96 bits per heavy atom. The summed E-state index contributed by atoms with van der Waals surface area (Å²) in [5.74, 6) is -0.0514. The zero-order chi connectivity index (χ0) is 19.0. The predicted octanol–water partition coefficient (Wildman–Crippen LogP) is 3.07.